The molecule has 40 heavy (non-hydrogen) atoms. The van der Waals surface area contributed by atoms with Gasteiger partial charge in [-0.05, 0) is 37.8 Å². The summed E-state index contributed by atoms with van der Waals surface area (Å²) < 4.78 is 10.7. The predicted molar refractivity (Wildman–Crippen MR) is 146 cm³/mol. The zero-order chi connectivity index (χ0) is 28.2. The second kappa shape index (κ2) is 12.1. The molecule has 3 aliphatic rings. The number of pyridine rings is 1. The summed E-state index contributed by atoms with van der Waals surface area (Å²) in [6.45, 7) is 5.77. The van der Waals surface area contributed by atoms with Crippen LogP contribution in [0.2, 0.25) is 0 Å². The first-order valence-corrected chi connectivity index (χ1v) is 13.8. The first-order valence-electron chi connectivity index (χ1n) is 13.8. The molecule has 3 amide bonds. The summed E-state index contributed by atoms with van der Waals surface area (Å²) in [4.78, 5) is 61.1. The number of hydrogen-bond acceptors (Lipinski definition) is 8. The maximum absolute atomic E-state index is 14.1. The van der Waals surface area contributed by atoms with Crippen LogP contribution in [0.3, 0.4) is 0 Å². The monoisotopic (exact) mass is 549 g/mol. The second-order valence-electron chi connectivity index (χ2n) is 10.2. The number of nitrogens with one attached hydrogen (secondary N) is 2. The molecule has 0 aliphatic carbocycles. The molecule has 0 spiro atoms. The molecule has 1 aromatic carbocycles. The van der Waals surface area contributed by atoms with Crippen molar-refractivity contribution in [3.8, 4) is 0 Å². The number of benzene rings is 1. The van der Waals surface area contributed by atoms with E-state index in [4.69, 9.17) is 9.47 Å². The standard InChI is InChI=1S/C29H35N5O6/c1-3-33-16-19-10-6-8-12-21(31-27(37)25-20-11-7-5-9-18(20)13-14-30-25)28(38)34(19)23(17-33)26(36)32-22-15-24(35)40-29(22)39-4-2/h5-9,11,13-14,19,21-23,29H,3-4,10,12,15-17H2,1-2H3,(H,31,37)(H,32,36)/t19-,21-,22?,23-,29?/m0/s1. The van der Waals surface area contributed by atoms with Crippen LogP contribution in [0.1, 0.15) is 43.6 Å². The first-order chi connectivity index (χ1) is 19.4. The third-order valence-electron chi connectivity index (χ3n) is 7.69. The largest absolute Gasteiger partial charge is 0.433 e. The SMILES string of the molecule is CCOC1OC(=O)CC1NC(=O)[C@@H]1CN(CC)C[C@@H]2CC=CC[C@H](NC(=O)c3nccc4ccccc34)C(=O)N21. The highest BCUT2D eigenvalue weighted by molar-refractivity contribution is 6.06. The zero-order valence-corrected chi connectivity index (χ0v) is 22.7. The molecule has 0 radical (unpaired) electrons. The average Bonchev–Trinajstić information content (AvgIpc) is 3.30. The van der Waals surface area contributed by atoms with E-state index in [0.717, 1.165) is 5.39 Å². The molecule has 5 atom stereocenters. The van der Waals surface area contributed by atoms with E-state index in [-0.39, 0.29) is 30.0 Å². The van der Waals surface area contributed by atoms with Gasteiger partial charge in [-0.3, -0.25) is 29.1 Å². The Kier molecular flexibility index (Phi) is 8.41. The van der Waals surface area contributed by atoms with Crippen LogP contribution >= 0.6 is 0 Å². The summed E-state index contributed by atoms with van der Waals surface area (Å²) in [7, 11) is 0. The van der Waals surface area contributed by atoms with Crippen molar-refractivity contribution in [2.45, 2.75) is 63.6 Å². The fraction of sp³-hybridized carbons (Fsp3) is 0.483. The number of fused-ring (bicyclic) bond motifs is 2. The number of nitrogens with zero attached hydrogens (tertiary/aromatic N) is 3. The average molecular weight is 550 g/mol. The van der Waals surface area contributed by atoms with Crippen molar-refractivity contribution in [1.82, 2.24) is 25.4 Å². The van der Waals surface area contributed by atoms with E-state index in [1.807, 2.05) is 49.4 Å². The third-order valence-corrected chi connectivity index (χ3v) is 7.69. The molecule has 11 nitrogen and oxygen atoms in total. The number of ether oxygens (including phenoxy) is 2. The number of aromatic nitrogens is 1. The molecule has 3 aliphatic heterocycles. The predicted octanol–water partition coefficient (Wildman–Crippen LogP) is 1.38. The Hall–Kier alpha value is -3.83. The van der Waals surface area contributed by atoms with E-state index in [0.29, 0.717) is 44.5 Å². The quantitative estimate of drug-likeness (QED) is 0.391. The Morgan fingerprint density at radius 2 is 1.88 bits per heavy atom. The molecule has 5 rings (SSSR count). The van der Waals surface area contributed by atoms with Gasteiger partial charge in [0.25, 0.3) is 5.91 Å². The minimum atomic E-state index is -0.872. The molecule has 2 unspecified atom stereocenters. The summed E-state index contributed by atoms with van der Waals surface area (Å²) in [5.41, 5.74) is 0.242. The maximum atomic E-state index is 14.1. The summed E-state index contributed by atoms with van der Waals surface area (Å²) in [5, 5.41) is 7.36. The van der Waals surface area contributed by atoms with E-state index in [1.165, 1.54) is 0 Å². The number of piperazine rings is 1. The number of esters is 1. The number of amides is 3. The Bertz CT molecular complexity index is 1310. The van der Waals surface area contributed by atoms with Crippen LogP contribution in [0.15, 0.2) is 48.7 Å². The van der Waals surface area contributed by atoms with Crippen molar-refractivity contribution < 1.29 is 28.7 Å². The lowest BCUT2D eigenvalue weighted by Crippen LogP contribution is -2.68. The highest BCUT2D eigenvalue weighted by Gasteiger charge is 2.45. The van der Waals surface area contributed by atoms with E-state index in [9.17, 15) is 19.2 Å². The van der Waals surface area contributed by atoms with E-state index in [1.54, 1.807) is 18.0 Å². The van der Waals surface area contributed by atoms with Crippen LogP contribution in [-0.4, -0.2) is 95.2 Å². The van der Waals surface area contributed by atoms with Crippen molar-refractivity contribution >= 4 is 34.5 Å². The van der Waals surface area contributed by atoms with Gasteiger partial charge in [0.1, 0.15) is 23.8 Å². The van der Waals surface area contributed by atoms with Gasteiger partial charge in [0.05, 0.1) is 6.42 Å². The lowest BCUT2D eigenvalue weighted by atomic mass is 9.96. The van der Waals surface area contributed by atoms with Gasteiger partial charge >= 0.3 is 5.97 Å². The van der Waals surface area contributed by atoms with E-state index in [2.05, 4.69) is 20.5 Å². The fourth-order valence-electron chi connectivity index (χ4n) is 5.70. The van der Waals surface area contributed by atoms with Crippen molar-refractivity contribution in [3.05, 3.63) is 54.4 Å². The number of carbonyl (C=O) groups excluding carboxylic acids is 4. The highest BCUT2D eigenvalue weighted by Crippen LogP contribution is 2.25. The van der Waals surface area contributed by atoms with Gasteiger partial charge in [-0.15, -0.1) is 0 Å². The zero-order valence-electron chi connectivity index (χ0n) is 22.7. The van der Waals surface area contributed by atoms with Crippen LogP contribution in [0.4, 0.5) is 0 Å². The molecule has 0 bridgehead atoms. The molecule has 11 heteroatoms. The molecular weight excluding hydrogens is 514 g/mol. The van der Waals surface area contributed by atoms with Crippen molar-refractivity contribution in [3.63, 3.8) is 0 Å². The number of hydrogen-bond donors (Lipinski definition) is 2. The number of carbonyl (C=O) groups is 4. The minimum Gasteiger partial charge on any atom is -0.433 e. The van der Waals surface area contributed by atoms with Gasteiger partial charge in [0.2, 0.25) is 18.1 Å². The molecule has 1 aromatic heterocycles. The van der Waals surface area contributed by atoms with Crippen LogP contribution in [-0.2, 0) is 23.9 Å². The van der Waals surface area contributed by atoms with E-state index >= 15 is 0 Å². The Labute approximate surface area is 232 Å². The van der Waals surface area contributed by atoms with Gasteiger partial charge < -0.3 is 25.0 Å². The van der Waals surface area contributed by atoms with Crippen molar-refractivity contribution in [1.29, 1.82) is 0 Å². The molecule has 2 aromatic rings. The van der Waals surface area contributed by atoms with Crippen molar-refractivity contribution in [2.75, 3.05) is 26.2 Å². The van der Waals surface area contributed by atoms with Gasteiger partial charge in [-0.25, -0.2) is 0 Å². The van der Waals surface area contributed by atoms with Crippen LogP contribution in [0.25, 0.3) is 10.8 Å². The van der Waals surface area contributed by atoms with E-state index < -0.39 is 36.3 Å². The lowest BCUT2D eigenvalue weighted by molar-refractivity contribution is -0.165. The fourth-order valence-corrected chi connectivity index (χ4v) is 5.70. The molecule has 0 saturated carbocycles. The second-order valence-corrected chi connectivity index (χ2v) is 10.2. The lowest BCUT2D eigenvalue weighted by Gasteiger charge is -2.47. The van der Waals surface area contributed by atoms with Crippen LogP contribution in [0.5, 0.6) is 0 Å². The molecule has 4 heterocycles. The van der Waals surface area contributed by atoms with Crippen LogP contribution in [0, 0.1) is 0 Å². The number of rotatable bonds is 7. The van der Waals surface area contributed by atoms with Crippen LogP contribution < -0.4 is 10.6 Å². The topological polar surface area (TPSA) is 130 Å². The Morgan fingerprint density at radius 3 is 2.67 bits per heavy atom. The minimum absolute atomic E-state index is 0.00253. The maximum Gasteiger partial charge on any atom is 0.310 e. The highest BCUT2D eigenvalue weighted by atomic mass is 16.7. The Morgan fingerprint density at radius 1 is 1.07 bits per heavy atom. The van der Waals surface area contributed by atoms with Gasteiger partial charge in [0, 0.05) is 37.3 Å². The molecular formula is C29H35N5O6. The molecule has 2 saturated heterocycles. The summed E-state index contributed by atoms with van der Waals surface area (Å²) in [5.74, 6) is -1.60. The Balaban J connectivity index is 1.39. The smallest absolute Gasteiger partial charge is 0.310 e. The summed E-state index contributed by atoms with van der Waals surface area (Å²) >= 11 is 0. The van der Waals surface area contributed by atoms with Gasteiger partial charge in [-0.1, -0.05) is 43.3 Å². The van der Waals surface area contributed by atoms with Crippen molar-refractivity contribution in [2.24, 2.45) is 0 Å². The normalized spacial score (nSPS) is 27.1. The summed E-state index contributed by atoms with van der Waals surface area (Å²) in [6.07, 6.45) is 5.50. The van der Waals surface area contributed by atoms with Gasteiger partial charge in [0.15, 0.2) is 0 Å². The number of cyclic esters (lactones) is 1. The summed E-state index contributed by atoms with van der Waals surface area (Å²) in [6, 6.07) is 6.69. The number of likely N-dealkylation sites (N-methyl/N-ethyl adjacent to an activating group) is 1. The molecule has 212 valence electrons. The molecule has 2 fully saturated rings. The molecule has 2 N–H and O–H groups in total. The third kappa shape index (κ3) is 5.71. The van der Waals surface area contributed by atoms with Gasteiger partial charge in [-0.2, -0.15) is 0 Å². The first kappa shape index (κ1) is 27.7.